The molecule has 1 heterocycles. The minimum atomic E-state index is -0.721. The third-order valence-electron chi connectivity index (χ3n) is 4.38. The molecule has 6 heteroatoms. The number of ether oxygens (including phenoxy) is 1. The van der Waals surface area contributed by atoms with E-state index in [-0.39, 0.29) is 5.97 Å². The van der Waals surface area contributed by atoms with Crippen molar-refractivity contribution in [3.05, 3.63) is 74.8 Å². The summed E-state index contributed by atoms with van der Waals surface area (Å²) in [5.41, 5.74) is 5.64. The van der Waals surface area contributed by atoms with Gasteiger partial charge in [-0.2, -0.15) is 0 Å². The van der Waals surface area contributed by atoms with Crippen LogP contribution < -0.4 is 5.48 Å². The molecule has 0 bridgehead atoms. The number of nitrogens with one attached hydrogen (secondary N) is 1. The van der Waals surface area contributed by atoms with Crippen molar-refractivity contribution in [3.63, 3.8) is 0 Å². The zero-order chi connectivity index (χ0) is 20.7. The lowest BCUT2D eigenvalue weighted by Gasteiger charge is -2.21. The van der Waals surface area contributed by atoms with Crippen LogP contribution in [-0.2, 0) is 15.2 Å². The van der Waals surface area contributed by atoms with Crippen LogP contribution in [0.2, 0.25) is 10.0 Å². The van der Waals surface area contributed by atoms with Gasteiger partial charge in [0.05, 0.1) is 11.3 Å². The molecule has 0 saturated carbocycles. The Bertz CT molecular complexity index is 942. The topological polar surface area (TPSA) is 47.6 Å². The molecule has 1 aliphatic heterocycles. The zero-order valence-corrected chi connectivity index (χ0v) is 18.0. The van der Waals surface area contributed by atoms with Gasteiger partial charge in [0.1, 0.15) is 11.2 Å². The summed E-state index contributed by atoms with van der Waals surface area (Å²) in [6, 6.07) is 10.9. The molecule has 0 radical (unpaired) electrons. The normalized spacial score (nSPS) is 19.2. The van der Waals surface area contributed by atoms with E-state index in [2.05, 4.69) is 5.48 Å². The Labute approximate surface area is 175 Å². The quantitative estimate of drug-likeness (QED) is 0.615. The van der Waals surface area contributed by atoms with Crippen LogP contribution in [0.25, 0.3) is 5.70 Å². The van der Waals surface area contributed by atoms with Gasteiger partial charge < -0.3 is 4.74 Å². The molecule has 4 nitrogen and oxygen atoms in total. The summed E-state index contributed by atoms with van der Waals surface area (Å²) < 4.78 is 5.46. The molecular formula is C22H23Cl2NO3. The first kappa shape index (κ1) is 20.7. The SMILES string of the molecule is Cc1cc(C2=CC(C)(c3cc(Cl)cc(Cl)c3)ON2)ccc1C(=O)OC(C)(C)C. The van der Waals surface area contributed by atoms with Crippen LogP contribution in [0.5, 0.6) is 0 Å². The summed E-state index contributed by atoms with van der Waals surface area (Å²) in [5.74, 6) is -0.334. The molecule has 0 spiro atoms. The lowest BCUT2D eigenvalue weighted by Crippen LogP contribution is -2.24. The minimum Gasteiger partial charge on any atom is -0.456 e. The number of hydrogen-bond acceptors (Lipinski definition) is 4. The molecule has 2 aromatic rings. The second kappa shape index (κ2) is 7.43. The second-order valence-electron chi connectivity index (χ2n) is 8.06. The molecule has 28 heavy (non-hydrogen) atoms. The van der Waals surface area contributed by atoms with Gasteiger partial charge in [0.25, 0.3) is 0 Å². The maximum Gasteiger partial charge on any atom is 0.338 e. The number of aryl methyl sites for hydroxylation is 1. The average molecular weight is 420 g/mol. The Hall–Kier alpha value is -2.01. The van der Waals surface area contributed by atoms with E-state index in [0.717, 1.165) is 22.4 Å². The standard InChI is InChI=1S/C22H23Cl2NO3/c1-13-8-14(6-7-18(13)20(26)27-21(2,3)4)19-12-22(5,28-25-19)15-9-16(23)11-17(24)10-15/h6-12,25H,1-5H3. The van der Waals surface area contributed by atoms with Gasteiger partial charge in [0.2, 0.25) is 0 Å². The molecular weight excluding hydrogens is 397 g/mol. The van der Waals surface area contributed by atoms with Crippen molar-refractivity contribution in [1.29, 1.82) is 0 Å². The van der Waals surface area contributed by atoms with E-state index >= 15 is 0 Å². The van der Waals surface area contributed by atoms with Crippen LogP contribution in [-0.4, -0.2) is 11.6 Å². The van der Waals surface area contributed by atoms with Crippen molar-refractivity contribution in [1.82, 2.24) is 5.48 Å². The summed E-state index contributed by atoms with van der Waals surface area (Å²) in [7, 11) is 0. The van der Waals surface area contributed by atoms with E-state index < -0.39 is 11.2 Å². The van der Waals surface area contributed by atoms with Gasteiger partial charge in [-0.15, -0.1) is 0 Å². The van der Waals surface area contributed by atoms with Crippen molar-refractivity contribution in [2.45, 2.75) is 45.8 Å². The van der Waals surface area contributed by atoms with Crippen molar-refractivity contribution in [3.8, 4) is 0 Å². The van der Waals surface area contributed by atoms with E-state index in [1.165, 1.54) is 0 Å². The van der Waals surface area contributed by atoms with Gasteiger partial charge in [-0.25, -0.2) is 4.79 Å². The summed E-state index contributed by atoms with van der Waals surface area (Å²) in [5, 5.41) is 1.10. The van der Waals surface area contributed by atoms with Crippen LogP contribution in [0.15, 0.2) is 42.5 Å². The number of halogens is 2. The lowest BCUT2D eigenvalue weighted by atomic mass is 9.94. The van der Waals surface area contributed by atoms with Gasteiger partial charge in [0, 0.05) is 10.0 Å². The number of hydroxylamine groups is 1. The first-order valence-corrected chi connectivity index (χ1v) is 9.70. The second-order valence-corrected chi connectivity index (χ2v) is 8.93. The maximum atomic E-state index is 12.4. The van der Waals surface area contributed by atoms with E-state index in [1.54, 1.807) is 12.1 Å². The number of benzene rings is 2. The Morgan fingerprint density at radius 1 is 1.11 bits per heavy atom. The van der Waals surface area contributed by atoms with Crippen LogP contribution >= 0.6 is 23.2 Å². The van der Waals surface area contributed by atoms with Crippen LogP contribution in [0.1, 0.15) is 54.7 Å². The third kappa shape index (κ3) is 4.52. The Morgan fingerprint density at radius 3 is 2.32 bits per heavy atom. The molecule has 0 aromatic heterocycles. The zero-order valence-electron chi connectivity index (χ0n) is 16.5. The molecule has 0 aliphatic carbocycles. The van der Waals surface area contributed by atoms with Gasteiger partial charge in [-0.3, -0.25) is 10.3 Å². The number of hydrogen-bond donors (Lipinski definition) is 1. The fourth-order valence-electron chi connectivity index (χ4n) is 3.01. The van der Waals surface area contributed by atoms with Crippen molar-refractivity contribution < 1.29 is 14.4 Å². The summed E-state index contributed by atoms with van der Waals surface area (Å²) >= 11 is 12.3. The smallest absolute Gasteiger partial charge is 0.338 e. The highest BCUT2D eigenvalue weighted by Gasteiger charge is 2.33. The molecule has 1 N–H and O–H groups in total. The molecule has 0 amide bonds. The number of esters is 1. The highest BCUT2D eigenvalue weighted by Crippen LogP contribution is 2.37. The fourth-order valence-corrected chi connectivity index (χ4v) is 3.54. The molecule has 1 unspecified atom stereocenters. The van der Waals surface area contributed by atoms with Gasteiger partial charge in [-0.1, -0.05) is 29.3 Å². The van der Waals surface area contributed by atoms with Crippen LogP contribution in [0.4, 0.5) is 0 Å². The third-order valence-corrected chi connectivity index (χ3v) is 4.82. The lowest BCUT2D eigenvalue weighted by molar-refractivity contribution is -0.0250. The number of carbonyl (C=O) groups excluding carboxylic acids is 1. The molecule has 3 rings (SSSR count). The van der Waals surface area contributed by atoms with Gasteiger partial charge in [0.15, 0.2) is 0 Å². The Kier molecular flexibility index (Phi) is 5.50. The van der Waals surface area contributed by atoms with Crippen LogP contribution in [0.3, 0.4) is 0 Å². The van der Waals surface area contributed by atoms with Crippen molar-refractivity contribution in [2.24, 2.45) is 0 Å². The first-order chi connectivity index (χ1) is 13.0. The van der Waals surface area contributed by atoms with Gasteiger partial charge >= 0.3 is 5.97 Å². The molecule has 1 aliphatic rings. The summed E-state index contributed by atoms with van der Waals surface area (Å²) in [6.07, 6.45) is 1.97. The fraction of sp³-hybridized carbons (Fsp3) is 0.318. The maximum absolute atomic E-state index is 12.4. The Morgan fingerprint density at radius 2 is 1.75 bits per heavy atom. The molecule has 1 atom stereocenters. The first-order valence-electron chi connectivity index (χ1n) is 8.95. The molecule has 148 valence electrons. The van der Waals surface area contributed by atoms with E-state index in [4.69, 9.17) is 32.8 Å². The van der Waals surface area contributed by atoms with E-state index in [1.807, 2.05) is 65.0 Å². The van der Waals surface area contributed by atoms with Crippen LogP contribution in [0, 0.1) is 6.92 Å². The van der Waals surface area contributed by atoms with Crippen molar-refractivity contribution >= 4 is 34.9 Å². The largest absolute Gasteiger partial charge is 0.456 e. The van der Waals surface area contributed by atoms with Crippen molar-refractivity contribution in [2.75, 3.05) is 0 Å². The highest BCUT2D eigenvalue weighted by atomic mass is 35.5. The summed E-state index contributed by atoms with van der Waals surface area (Å²) in [6.45, 7) is 9.36. The predicted octanol–water partition coefficient (Wildman–Crippen LogP) is 6.05. The molecule has 0 fully saturated rings. The van der Waals surface area contributed by atoms with Gasteiger partial charge in [-0.05, 0) is 87.7 Å². The van der Waals surface area contributed by atoms with E-state index in [9.17, 15) is 4.79 Å². The molecule has 0 saturated heterocycles. The van der Waals surface area contributed by atoms with E-state index in [0.29, 0.717) is 15.6 Å². The number of carbonyl (C=O) groups is 1. The predicted molar refractivity (Wildman–Crippen MR) is 112 cm³/mol. The monoisotopic (exact) mass is 419 g/mol. The average Bonchev–Trinajstić information content (AvgIpc) is 2.96. The minimum absolute atomic E-state index is 0.334. The number of rotatable bonds is 3. The Balaban J connectivity index is 1.89. The highest BCUT2D eigenvalue weighted by molar-refractivity contribution is 6.34. The summed E-state index contributed by atoms with van der Waals surface area (Å²) in [4.78, 5) is 18.2. The molecule has 2 aromatic carbocycles.